The van der Waals surface area contributed by atoms with Gasteiger partial charge in [-0.25, -0.2) is 4.79 Å². The number of nitriles is 1. The predicted octanol–water partition coefficient (Wildman–Crippen LogP) is 5.29. The van der Waals surface area contributed by atoms with Crippen molar-refractivity contribution < 1.29 is 19.0 Å². The Morgan fingerprint density at radius 2 is 1.91 bits per heavy atom. The fourth-order valence-electron chi connectivity index (χ4n) is 3.63. The minimum atomic E-state index is -0.527. The molecule has 7 heteroatoms. The van der Waals surface area contributed by atoms with Crippen LogP contribution in [0.4, 0.5) is 0 Å². The number of benzene rings is 3. The first-order valence-electron chi connectivity index (χ1n) is 10.00. The summed E-state index contributed by atoms with van der Waals surface area (Å²) in [5.41, 5.74) is 8.71. The second kappa shape index (κ2) is 9.63. The highest BCUT2D eigenvalue weighted by Crippen LogP contribution is 2.46. The van der Waals surface area contributed by atoms with Crippen LogP contribution in [0.15, 0.2) is 88.7 Å². The lowest BCUT2D eigenvalue weighted by Crippen LogP contribution is -2.21. The molecule has 0 saturated carbocycles. The molecule has 1 aliphatic rings. The summed E-state index contributed by atoms with van der Waals surface area (Å²) >= 11 is 3.48. The van der Waals surface area contributed by atoms with Crippen LogP contribution in [0.1, 0.15) is 22.6 Å². The molecule has 0 bridgehead atoms. The molecule has 6 nitrogen and oxygen atoms in total. The van der Waals surface area contributed by atoms with Gasteiger partial charge in [-0.3, -0.25) is 0 Å². The third-order valence-electron chi connectivity index (χ3n) is 5.12. The third-order valence-corrected chi connectivity index (χ3v) is 5.62. The van der Waals surface area contributed by atoms with Crippen LogP contribution >= 0.6 is 15.9 Å². The number of esters is 1. The second-order valence-corrected chi connectivity index (χ2v) is 8.09. The predicted molar refractivity (Wildman–Crippen MR) is 128 cm³/mol. The van der Waals surface area contributed by atoms with Gasteiger partial charge in [0.05, 0.1) is 13.0 Å². The van der Waals surface area contributed by atoms with Crippen molar-refractivity contribution in [3.05, 3.63) is 105 Å². The van der Waals surface area contributed by atoms with Crippen LogP contribution in [-0.4, -0.2) is 13.1 Å². The molecule has 0 spiro atoms. The highest BCUT2D eigenvalue weighted by molar-refractivity contribution is 9.10. The van der Waals surface area contributed by atoms with Gasteiger partial charge in [-0.15, -0.1) is 0 Å². The molecule has 4 rings (SSSR count). The summed E-state index contributed by atoms with van der Waals surface area (Å²) < 4.78 is 17.5. The molecule has 0 aromatic heterocycles. The Hall–Kier alpha value is -4.02. The first kappa shape index (κ1) is 22.2. The number of fused-ring (bicyclic) bond motifs is 1. The van der Waals surface area contributed by atoms with Gasteiger partial charge in [0.25, 0.3) is 0 Å². The van der Waals surface area contributed by atoms with Gasteiger partial charge in [0, 0.05) is 27.7 Å². The van der Waals surface area contributed by atoms with Crippen LogP contribution in [0.3, 0.4) is 0 Å². The molecule has 0 saturated heterocycles. The average Bonchev–Trinajstić information content (AvgIpc) is 2.82. The van der Waals surface area contributed by atoms with E-state index in [0.717, 1.165) is 15.6 Å². The Kier molecular flexibility index (Phi) is 6.48. The van der Waals surface area contributed by atoms with Gasteiger partial charge in [0.1, 0.15) is 28.9 Å². The molecule has 1 atom stereocenters. The third kappa shape index (κ3) is 4.76. The van der Waals surface area contributed by atoms with E-state index in [1.807, 2.05) is 48.5 Å². The number of rotatable bonds is 5. The minimum Gasteiger partial charge on any atom is -0.496 e. The fraction of sp³-hybridized carbons (Fsp3) is 0.0769. The zero-order valence-corrected chi connectivity index (χ0v) is 19.2. The molecule has 1 heterocycles. The van der Waals surface area contributed by atoms with Crippen molar-refractivity contribution in [3.8, 4) is 23.3 Å². The summed E-state index contributed by atoms with van der Waals surface area (Å²) in [5, 5.41) is 9.78. The molecule has 0 radical (unpaired) electrons. The molecule has 3 aromatic rings. The zero-order valence-electron chi connectivity index (χ0n) is 17.6. The molecule has 3 aromatic carbocycles. The molecule has 1 aliphatic heterocycles. The summed E-state index contributed by atoms with van der Waals surface area (Å²) in [6, 6.07) is 22.1. The SMILES string of the molecule is COc1ccc(Br)cc1C1C(C#N)=C(N)Oc2cc(OC(=O)/C=C/c3ccccc3)ccc21. The van der Waals surface area contributed by atoms with E-state index in [4.69, 9.17) is 19.9 Å². The first-order valence-corrected chi connectivity index (χ1v) is 10.8. The van der Waals surface area contributed by atoms with Crippen molar-refractivity contribution in [1.29, 1.82) is 5.26 Å². The van der Waals surface area contributed by atoms with E-state index < -0.39 is 11.9 Å². The number of halogens is 1. The maximum atomic E-state index is 12.3. The fourth-order valence-corrected chi connectivity index (χ4v) is 4.01. The van der Waals surface area contributed by atoms with Gasteiger partial charge < -0.3 is 19.9 Å². The lowest BCUT2D eigenvalue weighted by atomic mass is 9.83. The van der Waals surface area contributed by atoms with E-state index in [0.29, 0.717) is 22.8 Å². The summed E-state index contributed by atoms with van der Waals surface area (Å²) in [7, 11) is 1.57. The van der Waals surface area contributed by atoms with Gasteiger partial charge >= 0.3 is 5.97 Å². The first-order chi connectivity index (χ1) is 16.0. The molecular formula is C26H19BrN2O4. The number of allylic oxidation sites excluding steroid dienone is 1. The quantitative estimate of drug-likeness (QED) is 0.289. The highest BCUT2D eigenvalue weighted by atomic mass is 79.9. The molecule has 1 unspecified atom stereocenters. The van der Waals surface area contributed by atoms with Crippen LogP contribution in [-0.2, 0) is 4.79 Å². The van der Waals surface area contributed by atoms with Crippen LogP contribution < -0.4 is 19.9 Å². The summed E-state index contributed by atoms with van der Waals surface area (Å²) in [6.45, 7) is 0. The van der Waals surface area contributed by atoms with Crippen molar-refractivity contribution in [2.24, 2.45) is 5.73 Å². The smallest absolute Gasteiger partial charge is 0.336 e. The van der Waals surface area contributed by atoms with E-state index in [1.165, 1.54) is 6.08 Å². The number of nitrogens with zero attached hydrogens (tertiary/aromatic N) is 1. The van der Waals surface area contributed by atoms with Crippen molar-refractivity contribution in [3.63, 3.8) is 0 Å². The Morgan fingerprint density at radius 3 is 2.64 bits per heavy atom. The number of carbonyl (C=O) groups excluding carboxylic acids is 1. The monoisotopic (exact) mass is 502 g/mol. The maximum absolute atomic E-state index is 12.3. The van der Waals surface area contributed by atoms with E-state index in [-0.39, 0.29) is 11.5 Å². The number of hydrogen-bond donors (Lipinski definition) is 1. The van der Waals surface area contributed by atoms with Gasteiger partial charge in [-0.05, 0) is 35.9 Å². The molecule has 0 amide bonds. The summed E-state index contributed by atoms with van der Waals surface area (Å²) in [5.74, 6) is 0.262. The van der Waals surface area contributed by atoms with Crippen LogP contribution in [0.25, 0.3) is 6.08 Å². The number of nitrogens with two attached hydrogens (primary N) is 1. The van der Waals surface area contributed by atoms with Crippen LogP contribution in [0, 0.1) is 11.3 Å². The van der Waals surface area contributed by atoms with Gasteiger partial charge in [-0.2, -0.15) is 5.26 Å². The number of methoxy groups -OCH3 is 1. The van der Waals surface area contributed by atoms with Crippen LogP contribution in [0.2, 0.25) is 0 Å². The van der Waals surface area contributed by atoms with E-state index >= 15 is 0 Å². The van der Waals surface area contributed by atoms with E-state index in [2.05, 4.69) is 22.0 Å². The lowest BCUT2D eigenvalue weighted by molar-refractivity contribution is -0.128. The van der Waals surface area contributed by atoms with Gasteiger partial charge in [-0.1, -0.05) is 52.3 Å². The summed E-state index contributed by atoms with van der Waals surface area (Å²) in [6.07, 6.45) is 3.03. The van der Waals surface area contributed by atoms with Crippen molar-refractivity contribution in [1.82, 2.24) is 0 Å². The van der Waals surface area contributed by atoms with Crippen molar-refractivity contribution in [2.75, 3.05) is 7.11 Å². The Labute approximate surface area is 199 Å². The largest absolute Gasteiger partial charge is 0.496 e. The topological polar surface area (TPSA) is 94.6 Å². The second-order valence-electron chi connectivity index (χ2n) is 7.18. The number of ether oxygens (including phenoxy) is 3. The van der Waals surface area contributed by atoms with Gasteiger partial charge in [0.2, 0.25) is 5.88 Å². The molecule has 2 N–H and O–H groups in total. The Morgan fingerprint density at radius 1 is 1.12 bits per heavy atom. The zero-order chi connectivity index (χ0) is 23.4. The Bertz CT molecular complexity index is 1310. The normalized spacial score (nSPS) is 14.9. The minimum absolute atomic E-state index is 0.00974. The lowest BCUT2D eigenvalue weighted by Gasteiger charge is -2.27. The standard InChI is InChI=1S/C26H19BrN2O4/c1-31-22-11-8-17(27)13-20(22)25-19-10-9-18(14-23(19)33-26(29)21(25)15-28)32-24(30)12-7-16-5-3-2-4-6-16/h2-14,25H,29H2,1H3/b12-7+. The summed E-state index contributed by atoms with van der Waals surface area (Å²) in [4.78, 5) is 12.3. The van der Waals surface area contributed by atoms with E-state index in [9.17, 15) is 10.1 Å². The van der Waals surface area contributed by atoms with E-state index in [1.54, 1.807) is 31.4 Å². The molecule has 0 aliphatic carbocycles. The van der Waals surface area contributed by atoms with Crippen LogP contribution in [0.5, 0.6) is 17.2 Å². The van der Waals surface area contributed by atoms with Gasteiger partial charge in [0.15, 0.2) is 0 Å². The maximum Gasteiger partial charge on any atom is 0.336 e. The number of carbonyl (C=O) groups is 1. The molecular weight excluding hydrogens is 484 g/mol. The highest BCUT2D eigenvalue weighted by Gasteiger charge is 2.33. The molecule has 0 fully saturated rings. The Balaban J connectivity index is 1.66. The van der Waals surface area contributed by atoms with Crippen molar-refractivity contribution >= 4 is 28.0 Å². The average molecular weight is 503 g/mol. The molecule has 33 heavy (non-hydrogen) atoms. The number of hydrogen-bond acceptors (Lipinski definition) is 6. The van der Waals surface area contributed by atoms with Crippen molar-refractivity contribution in [2.45, 2.75) is 5.92 Å². The molecule has 164 valence electrons.